The number of carbonyl (C=O) groups is 1. The molecule has 0 spiro atoms. The SMILES string of the molecule is CCN(CC)CCN(C(=O)c1cccc(SC)c1)c1nc2c(OC)ccc(OC)c2s1. The lowest BCUT2D eigenvalue weighted by Gasteiger charge is -2.25. The summed E-state index contributed by atoms with van der Waals surface area (Å²) in [6.07, 6.45) is 2.01. The normalized spacial score (nSPS) is 11.2. The molecule has 31 heavy (non-hydrogen) atoms. The highest BCUT2D eigenvalue weighted by atomic mass is 32.2. The van der Waals surface area contributed by atoms with Crippen molar-refractivity contribution in [1.29, 1.82) is 0 Å². The van der Waals surface area contributed by atoms with Gasteiger partial charge in [0.15, 0.2) is 5.13 Å². The molecule has 1 amide bonds. The van der Waals surface area contributed by atoms with Crippen LogP contribution in [-0.4, -0.2) is 62.4 Å². The molecule has 0 bridgehead atoms. The number of nitrogens with zero attached hydrogens (tertiary/aromatic N) is 3. The van der Waals surface area contributed by atoms with Gasteiger partial charge in [-0.05, 0) is 49.7 Å². The maximum atomic E-state index is 13.6. The number of hydrogen-bond donors (Lipinski definition) is 0. The Morgan fingerprint density at radius 3 is 2.42 bits per heavy atom. The summed E-state index contributed by atoms with van der Waals surface area (Å²) in [5.41, 5.74) is 1.37. The number of benzene rings is 2. The maximum absolute atomic E-state index is 13.6. The van der Waals surface area contributed by atoms with Crippen LogP contribution in [0.3, 0.4) is 0 Å². The lowest BCUT2D eigenvalue weighted by molar-refractivity contribution is 0.0983. The molecular weight excluding hydrogens is 430 g/mol. The minimum absolute atomic E-state index is 0.0555. The third kappa shape index (κ3) is 5.14. The van der Waals surface area contributed by atoms with E-state index < -0.39 is 0 Å². The van der Waals surface area contributed by atoms with Crippen LogP contribution in [0.1, 0.15) is 24.2 Å². The van der Waals surface area contributed by atoms with Crippen molar-refractivity contribution in [3.8, 4) is 11.5 Å². The molecule has 0 atom stereocenters. The molecule has 0 radical (unpaired) electrons. The van der Waals surface area contributed by atoms with E-state index in [1.165, 1.54) is 11.3 Å². The third-order valence-electron chi connectivity index (χ3n) is 5.23. The number of amides is 1. The van der Waals surface area contributed by atoms with Crippen LogP contribution < -0.4 is 14.4 Å². The predicted octanol–water partition coefficient (Wildman–Crippen LogP) is 5.02. The number of fused-ring (bicyclic) bond motifs is 1. The highest BCUT2D eigenvalue weighted by Crippen LogP contribution is 2.40. The molecule has 0 saturated heterocycles. The van der Waals surface area contributed by atoms with Crippen LogP contribution in [-0.2, 0) is 0 Å². The van der Waals surface area contributed by atoms with E-state index in [0.717, 1.165) is 35.0 Å². The van der Waals surface area contributed by atoms with Crippen LogP contribution in [0, 0.1) is 0 Å². The Labute approximate surface area is 192 Å². The van der Waals surface area contributed by atoms with Crippen LogP contribution in [0.5, 0.6) is 11.5 Å². The predicted molar refractivity (Wildman–Crippen MR) is 130 cm³/mol. The highest BCUT2D eigenvalue weighted by Gasteiger charge is 2.24. The molecule has 3 aromatic rings. The Balaban J connectivity index is 2.06. The smallest absolute Gasteiger partial charge is 0.260 e. The van der Waals surface area contributed by atoms with Gasteiger partial charge < -0.3 is 14.4 Å². The Hall–Kier alpha value is -2.29. The minimum Gasteiger partial charge on any atom is -0.495 e. The first-order valence-corrected chi connectivity index (χ1v) is 12.3. The lowest BCUT2D eigenvalue weighted by atomic mass is 10.2. The Kier molecular flexibility index (Phi) is 8.17. The van der Waals surface area contributed by atoms with E-state index in [1.54, 1.807) is 30.9 Å². The van der Waals surface area contributed by atoms with E-state index in [9.17, 15) is 4.79 Å². The zero-order valence-corrected chi connectivity index (χ0v) is 20.3. The number of ether oxygens (including phenoxy) is 2. The number of rotatable bonds is 10. The maximum Gasteiger partial charge on any atom is 0.260 e. The fourth-order valence-corrected chi connectivity index (χ4v) is 4.93. The molecule has 8 heteroatoms. The van der Waals surface area contributed by atoms with Crippen LogP contribution in [0.2, 0.25) is 0 Å². The zero-order chi connectivity index (χ0) is 22.4. The molecule has 6 nitrogen and oxygen atoms in total. The molecule has 1 aromatic heterocycles. The molecule has 0 saturated carbocycles. The molecule has 0 unspecified atom stereocenters. The van der Waals surface area contributed by atoms with E-state index in [-0.39, 0.29) is 5.91 Å². The molecule has 0 N–H and O–H groups in total. The van der Waals surface area contributed by atoms with Crippen LogP contribution in [0.4, 0.5) is 5.13 Å². The summed E-state index contributed by atoms with van der Waals surface area (Å²) in [7, 11) is 3.26. The van der Waals surface area contributed by atoms with Gasteiger partial charge in [0, 0.05) is 23.5 Å². The Bertz CT molecular complexity index is 993. The van der Waals surface area contributed by atoms with Crippen molar-refractivity contribution in [2.24, 2.45) is 0 Å². The number of anilines is 1. The summed E-state index contributed by atoms with van der Waals surface area (Å²) in [4.78, 5) is 23.5. The molecule has 1 heterocycles. The second kappa shape index (κ2) is 10.8. The number of hydrogen-bond acceptors (Lipinski definition) is 7. The van der Waals surface area contributed by atoms with Crippen molar-refractivity contribution in [3.05, 3.63) is 42.0 Å². The topological polar surface area (TPSA) is 54.9 Å². The first-order valence-electron chi connectivity index (χ1n) is 10.3. The monoisotopic (exact) mass is 459 g/mol. The van der Waals surface area contributed by atoms with E-state index in [0.29, 0.717) is 28.5 Å². The average molecular weight is 460 g/mol. The fraction of sp³-hybridized carbons (Fsp3) is 0.391. The van der Waals surface area contributed by atoms with Crippen LogP contribution >= 0.6 is 23.1 Å². The van der Waals surface area contributed by atoms with Crippen LogP contribution in [0.25, 0.3) is 10.2 Å². The average Bonchev–Trinajstić information content (AvgIpc) is 3.26. The Morgan fingerprint density at radius 2 is 1.77 bits per heavy atom. The van der Waals surface area contributed by atoms with Gasteiger partial charge in [0.1, 0.15) is 21.7 Å². The van der Waals surface area contributed by atoms with Crippen LogP contribution in [0.15, 0.2) is 41.3 Å². The standard InChI is InChI=1S/C23H29N3O3S2/c1-6-25(7-2)13-14-26(22(27)16-9-8-10-17(15-16)30-5)23-24-20-18(28-3)11-12-19(29-4)21(20)31-23/h8-12,15H,6-7,13-14H2,1-5H3. The molecule has 3 rings (SSSR count). The van der Waals surface area contributed by atoms with Gasteiger partial charge in [-0.1, -0.05) is 31.3 Å². The van der Waals surface area contributed by atoms with Crippen molar-refractivity contribution < 1.29 is 14.3 Å². The summed E-state index contributed by atoms with van der Waals surface area (Å²) in [6.45, 7) is 7.44. The highest BCUT2D eigenvalue weighted by molar-refractivity contribution is 7.98. The van der Waals surface area contributed by atoms with Gasteiger partial charge in [-0.15, -0.1) is 11.8 Å². The number of thioether (sulfide) groups is 1. The number of likely N-dealkylation sites (N-methyl/N-ethyl adjacent to an activating group) is 1. The first kappa shape index (κ1) is 23.4. The van der Waals surface area contributed by atoms with Crippen molar-refractivity contribution in [3.63, 3.8) is 0 Å². The van der Waals surface area contributed by atoms with Crippen molar-refractivity contribution in [2.75, 3.05) is 51.6 Å². The molecular formula is C23H29N3O3S2. The largest absolute Gasteiger partial charge is 0.495 e. The first-order chi connectivity index (χ1) is 15.1. The number of thiazole rings is 1. The number of methoxy groups -OCH3 is 2. The molecule has 0 aliphatic rings. The molecule has 0 aliphatic carbocycles. The van der Waals surface area contributed by atoms with Gasteiger partial charge in [-0.25, -0.2) is 4.98 Å². The minimum atomic E-state index is -0.0555. The summed E-state index contributed by atoms with van der Waals surface area (Å²) in [6, 6.07) is 11.4. The van der Waals surface area contributed by atoms with Gasteiger partial charge in [-0.2, -0.15) is 0 Å². The molecule has 0 fully saturated rings. The van der Waals surface area contributed by atoms with E-state index in [2.05, 4.69) is 18.7 Å². The van der Waals surface area contributed by atoms with E-state index in [4.69, 9.17) is 14.5 Å². The Morgan fingerprint density at radius 1 is 1.06 bits per heavy atom. The van der Waals surface area contributed by atoms with Crippen molar-refractivity contribution in [2.45, 2.75) is 18.7 Å². The summed E-state index contributed by atoms with van der Waals surface area (Å²) in [5.74, 6) is 1.33. The van der Waals surface area contributed by atoms with Gasteiger partial charge in [0.2, 0.25) is 0 Å². The van der Waals surface area contributed by atoms with E-state index in [1.807, 2.05) is 42.7 Å². The molecule has 166 valence electrons. The zero-order valence-electron chi connectivity index (χ0n) is 18.7. The van der Waals surface area contributed by atoms with Crippen molar-refractivity contribution in [1.82, 2.24) is 9.88 Å². The second-order valence-electron chi connectivity index (χ2n) is 6.86. The number of aromatic nitrogens is 1. The van der Waals surface area contributed by atoms with Gasteiger partial charge in [0.25, 0.3) is 5.91 Å². The molecule has 0 aliphatic heterocycles. The molecule has 2 aromatic carbocycles. The lowest BCUT2D eigenvalue weighted by Crippen LogP contribution is -2.38. The van der Waals surface area contributed by atoms with Gasteiger partial charge in [0.05, 0.1) is 14.2 Å². The summed E-state index contributed by atoms with van der Waals surface area (Å²) >= 11 is 3.07. The number of carbonyl (C=O) groups excluding carboxylic acids is 1. The van der Waals surface area contributed by atoms with E-state index >= 15 is 0 Å². The van der Waals surface area contributed by atoms with Gasteiger partial charge >= 0.3 is 0 Å². The quantitative estimate of drug-likeness (QED) is 0.397. The fourth-order valence-electron chi connectivity index (χ4n) is 3.37. The van der Waals surface area contributed by atoms with Crippen molar-refractivity contribution >= 4 is 44.4 Å². The summed E-state index contributed by atoms with van der Waals surface area (Å²) < 4.78 is 11.9. The summed E-state index contributed by atoms with van der Waals surface area (Å²) in [5, 5.41) is 0.643. The van der Waals surface area contributed by atoms with Gasteiger partial charge in [-0.3, -0.25) is 9.69 Å². The third-order valence-corrected chi connectivity index (χ3v) is 7.04. The second-order valence-corrected chi connectivity index (χ2v) is 8.72.